The number of carbonyl (C=O) groups excluding carboxylic acids is 1. The van der Waals surface area contributed by atoms with E-state index in [1.165, 1.54) is 6.20 Å². The van der Waals surface area contributed by atoms with E-state index in [2.05, 4.69) is 10.6 Å². The number of nitriles is 1. The van der Waals surface area contributed by atoms with Gasteiger partial charge in [0, 0.05) is 12.7 Å². The minimum absolute atomic E-state index is 0.0802. The van der Waals surface area contributed by atoms with E-state index in [1.54, 1.807) is 32.4 Å². The van der Waals surface area contributed by atoms with Crippen molar-refractivity contribution < 1.29 is 14.3 Å². The third kappa shape index (κ3) is 5.56. The van der Waals surface area contributed by atoms with Crippen molar-refractivity contribution in [2.24, 2.45) is 0 Å². The van der Waals surface area contributed by atoms with Crippen molar-refractivity contribution in [2.45, 2.75) is 6.42 Å². The minimum Gasteiger partial charge on any atom is -0.493 e. The van der Waals surface area contributed by atoms with E-state index in [4.69, 9.17) is 32.7 Å². The first-order valence-corrected chi connectivity index (χ1v) is 9.05. The molecule has 2 aromatic carbocycles. The maximum atomic E-state index is 12.3. The van der Waals surface area contributed by atoms with Gasteiger partial charge in [-0.1, -0.05) is 35.3 Å². The highest BCUT2D eigenvalue weighted by Crippen LogP contribution is 2.30. The number of hydrogen-bond donors (Lipinski definition) is 2. The number of nitrogens with zero attached hydrogens (tertiary/aromatic N) is 1. The summed E-state index contributed by atoms with van der Waals surface area (Å²) in [5.74, 6) is 0.721. The van der Waals surface area contributed by atoms with Crippen LogP contribution in [0.2, 0.25) is 10.0 Å². The highest BCUT2D eigenvalue weighted by atomic mass is 35.5. The number of rotatable bonds is 8. The van der Waals surface area contributed by atoms with Gasteiger partial charge >= 0.3 is 0 Å². The number of nitrogens with one attached hydrogen (secondary N) is 2. The van der Waals surface area contributed by atoms with E-state index in [0.717, 1.165) is 5.56 Å². The fourth-order valence-corrected chi connectivity index (χ4v) is 2.71. The molecule has 0 radical (unpaired) electrons. The lowest BCUT2D eigenvalue weighted by Gasteiger charge is -2.10. The molecule has 2 aromatic rings. The minimum atomic E-state index is -0.578. The molecule has 0 aliphatic heterocycles. The molecule has 6 nitrogen and oxygen atoms in total. The Morgan fingerprint density at radius 2 is 1.93 bits per heavy atom. The number of hydrogen-bond acceptors (Lipinski definition) is 5. The zero-order valence-electron chi connectivity index (χ0n) is 15.4. The zero-order valence-corrected chi connectivity index (χ0v) is 16.9. The summed E-state index contributed by atoms with van der Waals surface area (Å²) < 4.78 is 10.5. The van der Waals surface area contributed by atoms with Gasteiger partial charge < -0.3 is 20.1 Å². The van der Waals surface area contributed by atoms with Crippen molar-refractivity contribution in [1.82, 2.24) is 5.32 Å². The van der Waals surface area contributed by atoms with Gasteiger partial charge in [0.2, 0.25) is 0 Å². The molecule has 146 valence electrons. The smallest absolute Gasteiger partial charge is 0.267 e. The van der Waals surface area contributed by atoms with Crippen LogP contribution in [0.15, 0.2) is 48.2 Å². The molecule has 0 atom stereocenters. The Balaban J connectivity index is 1.95. The molecule has 0 saturated carbocycles. The number of halogens is 2. The maximum Gasteiger partial charge on any atom is 0.267 e. The van der Waals surface area contributed by atoms with Crippen LogP contribution in [0.25, 0.3) is 0 Å². The van der Waals surface area contributed by atoms with Gasteiger partial charge in [-0.05, 0) is 36.2 Å². The largest absolute Gasteiger partial charge is 0.493 e. The molecule has 0 aliphatic carbocycles. The van der Waals surface area contributed by atoms with Crippen LogP contribution < -0.4 is 20.1 Å². The van der Waals surface area contributed by atoms with E-state index >= 15 is 0 Å². The Bertz CT molecular complexity index is 923. The lowest BCUT2D eigenvalue weighted by Crippen LogP contribution is -2.18. The van der Waals surface area contributed by atoms with Crippen LogP contribution in [-0.4, -0.2) is 26.7 Å². The quantitative estimate of drug-likeness (QED) is 0.380. The first-order chi connectivity index (χ1) is 13.5. The molecular weight excluding hydrogens is 401 g/mol. The summed E-state index contributed by atoms with van der Waals surface area (Å²) in [7, 11) is 3.15. The molecule has 0 aliphatic rings. The van der Waals surface area contributed by atoms with E-state index < -0.39 is 5.91 Å². The van der Waals surface area contributed by atoms with Gasteiger partial charge in [-0.2, -0.15) is 5.26 Å². The molecule has 2 rings (SSSR count). The van der Waals surface area contributed by atoms with Gasteiger partial charge in [0.15, 0.2) is 11.5 Å². The van der Waals surface area contributed by atoms with E-state index in [-0.39, 0.29) is 10.6 Å². The summed E-state index contributed by atoms with van der Waals surface area (Å²) in [5, 5.41) is 15.3. The van der Waals surface area contributed by atoms with Gasteiger partial charge in [0.25, 0.3) is 5.91 Å². The standard InChI is InChI=1S/C20H19Cl2N3O3/c1-27-17-7-6-13(10-18(17)28-2)8-9-24-12-14(11-23)20(26)25-16-5-3-4-15(21)19(16)22/h3-7,10,12,24H,8-9H2,1-2H3,(H,25,26)/b14-12-. The van der Waals surface area contributed by atoms with E-state index in [1.807, 2.05) is 24.3 Å². The maximum absolute atomic E-state index is 12.3. The van der Waals surface area contributed by atoms with Crippen molar-refractivity contribution in [3.8, 4) is 17.6 Å². The first kappa shape index (κ1) is 21.4. The number of anilines is 1. The van der Waals surface area contributed by atoms with Crippen LogP contribution in [0.4, 0.5) is 5.69 Å². The van der Waals surface area contributed by atoms with E-state index in [0.29, 0.717) is 35.2 Å². The van der Waals surface area contributed by atoms with Crippen LogP contribution in [0.1, 0.15) is 5.56 Å². The van der Waals surface area contributed by atoms with Crippen LogP contribution in [0.3, 0.4) is 0 Å². The summed E-state index contributed by atoms with van der Waals surface area (Å²) in [6.07, 6.45) is 2.03. The molecular formula is C20H19Cl2N3O3. The Kier molecular flexibility index (Phi) is 8.00. The Morgan fingerprint density at radius 1 is 1.18 bits per heavy atom. The van der Waals surface area contributed by atoms with Crippen LogP contribution >= 0.6 is 23.2 Å². The van der Waals surface area contributed by atoms with Gasteiger partial charge in [0.05, 0.1) is 30.0 Å². The van der Waals surface area contributed by atoms with Crippen molar-refractivity contribution in [3.63, 3.8) is 0 Å². The molecule has 0 unspecified atom stereocenters. The zero-order chi connectivity index (χ0) is 20.5. The Morgan fingerprint density at radius 3 is 2.61 bits per heavy atom. The Labute approximate surface area is 173 Å². The summed E-state index contributed by atoms with van der Waals surface area (Å²) in [6, 6.07) is 12.4. The molecule has 2 N–H and O–H groups in total. The Hall–Kier alpha value is -2.88. The fraction of sp³-hybridized carbons (Fsp3) is 0.200. The molecule has 0 bridgehead atoms. The molecule has 0 heterocycles. The second-order valence-electron chi connectivity index (χ2n) is 5.62. The molecule has 0 spiro atoms. The number of ether oxygens (including phenoxy) is 2. The topological polar surface area (TPSA) is 83.4 Å². The molecule has 8 heteroatoms. The molecule has 0 saturated heterocycles. The SMILES string of the molecule is COc1ccc(CCN/C=C(/C#N)C(=O)Nc2cccc(Cl)c2Cl)cc1OC. The predicted octanol–water partition coefficient (Wildman–Crippen LogP) is 4.19. The normalized spacial score (nSPS) is 10.8. The summed E-state index contributed by atoms with van der Waals surface area (Å²) >= 11 is 12.0. The monoisotopic (exact) mass is 419 g/mol. The number of methoxy groups -OCH3 is 2. The van der Waals surface area contributed by atoms with Crippen molar-refractivity contribution in [1.29, 1.82) is 5.26 Å². The lowest BCUT2D eigenvalue weighted by atomic mass is 10.1. The molecule has 0 fully saturated rings. The molecule has 0 aromatic heterocycles. The van der Waals surface area contributed by atoms with Gasteiger partial charge in [-0.15, -0.1) is 0 Å². The third-order valence-electron chi connectivity index (χ3n) is 3.82. The van der Waals surface area contributed by atoms with Crippen molar-refractivity contribution in [3.05, 3.63) is 63.8 Å². The lowest BCUT2D eigenvalue weighted by molar-refractivity contribution is -0.112. The van der Waals surface area contributed by atoms with Crippen LogP contribution in [0.5, 0.6) is 11.5 Å². The van der Waals surface area contributed by atoms with Crippen LogP contribution in [-0.2, 0) is 11.2 Å². The van der Waals surface area contributed by atoms with Gasteiger partial charge in [0.1, 0.15) is 11.6 Å². The van der Waals surface area contributed by atoms with Crippen LogP contribution in [0, 0.1) is 11.3 Å². The number of benzene rings is 2. The number of carbonyl (C=O) groups is 1. The summed E-state index contributed by atoms with van der Waals surface area (Å²) in [4.78, 5) is 12.3. The van der Waals surface area contributed by atoms with Crippen molar-refractivity contribution >= 4 is 34.8 Å². The summed E-state index contributed by atoms with van der Waals surface area (Å²) in [6.45, 7) is 0.520. The second kappa shape index (κ2) is 10.5. The third-order valence-corrected chi connectivity index (χ3v) is 4.64. The first-order valence-electron chi connectivity index (χ1n) is 8.30. The average molecular weight is 420 g/mol. The van der Waals surface area contributed by atoms with Gasteiger partial charge in [-0.3, -0.25) is 4.79 Å². The van der Waals surface area contributed by atoms with Gasteiger partial charge in [-0.25, -0.2) is 0 Å². The van der Waals surface area contributed by atoms with E-state index in [9.17, 15) is 10.1 Å². The average Bonchev–Trinajstić information content (AvgIpc) is 2.71. The highest BCUT2D eigenvalue weighted by Gasteiger charge is 2.12. The number of amides is 1. The predicted molar refractivity (Wildman–Crippen MR) is 110 cm³/mol. The molecule has 1 amide bonds. The highest BCUT2D eigenvalue weighted by molar-refractivity contribution is 6.44. The molecule has 28 heavy (non-hydrogen) atoms. The van der Waals surface area contributed by atoms with Crippen molar-refractivity contribution in [2.75, 3.05) is 26.1 Å². The fourth-order valence-electron chi connectivity index (χ4n) is 2.37. The summed E-state index contributed by atoms with van der Waals surface area (Å²) in [5.41, 5.74) is 1.28. The second-order valence-corrected chi connectivity index (χ2v) is 6.40.